The molecule has 0 aromatic heterocycles. The van der Waals surface area contributed by atoms with E-state index >= 15 is 0 Å². The molecule has 0 rings (SSSR count). The van der Waals surface area contributed by atoms with Crippen molar-refractivity contribution in [2.24, 2.45) is 0 Å². The first-order chi connectivity index (χ1) is 0. The van der Waals surface area contributed by atoms with Gasteiger partial charge in [0.15, 0.2) is 0 Å². The van der Waals surface area contributed by atoms with E-state index in [1.807, 2.05) is 0 Å². The molecule has 0 aliphatic heterocycles. The Balaban J connectivity index is 0. The molecule has 0 spiro atoms. The van der Waals surface area contributed by atoms with E-state index in [9.17, 15) is 0 Å². The molecular weight excluding hydrogens is 286 g/mol. The molecule has 7 heteroatoms. The molecule has 0 saturated carbocycles. The first-order valence-corrected chi connectivity index (χ1v) is 0. The molecule has 0 bridgehead atoms. The van der Waals surface area contributed by atoms with Crippen LogP contribution in [0.4, 0.5) is 0 Å². The van der Waals surface area contributed by atoms with E-state index in [0.29, 0.717) is 0 Å². The molecule has 0 amide bonds. The van der Waals surface area contributed by atoms with Gasteiger partial charge in [-0.15, -0.1) is 0 Å². The van der Waals surface area contributed by atoms with Crippen LogP contribution in [-0.4, -0.2) is 0 Å². The van der Waals surface area contributed by atoms with Gasteiger partial charge >= 0.3 is 58.0 Å². The first-order valence-electron chi connectivity index (χ1n) is 0. The molecule has 0 aliphatic rings. The second-order valence-electron chi connectivity index (χ2n) is 0. The second kappa shape index (κ2) is 121. The molecule has 0 aromatic carbocycles. The van der Waals surface area contributed by atoms with Gasteiger partial charge in [0, 0.05) is 0 Å². The summed E-state index contributed by atoms with van der Waals surface area (Å²) in [5.74, 6) is 0. The van der Waals surface area contributed by atoms with Gasteiger partial charge in [-0.2, -0.15) is 0 Å². The normalized spacial score (nSPS) is 0. The fourth-order valence-electron chi connectivity index (χ4n) is 0. The molecule has 0 N–H and O–H groups in total. The molecule has 0 aromatic rings. The van der Waals surface area contributed by atoms with Gasteiger partial charge in [-0.1, -0.05) is 0 Å². The van der Waals surface area contributed by atoms with Crippen LogP contribution in [0.3, 0.4) is 0 Å². The van der Waals surface area contributed by atoms with Crippen LogP contribution in [0.15, 0.2) is 0 Å². The van der Waals surface area contributed by atoms with Gasteiger partial charge in [0.1, 0.15) is 0 Å². The number of hydrogen-bond donors (Lipinski definition) is 0. The van der Waals surface area contributed by atoms with Crippen LogP contribution in [0.1, 0.15) is 0 Å². The molecular formula is AgCuO4V. The van der Waals surface area contributed by atoms with Crippen LogP contribution in [0.25, 0.3) is 0 Å². The van der Waals surface area contributed by atoms with Crippen LogP contribution >= 0.6 is 0 Å². The Morgan fingerprint density at radius 1 is 0.571 bits per heavy atom. The minimum atomic E-state index is 0. The van der Waals surface area contributed by atoms with Crippen LogP contribution in [0, 0.1) is 0 Å². The average Bonchev–Trinajstić information content (AvgIpc) is 0. The predicted octanol–water partition coefficient (Wildman–Crippen LogP) is -0.483. The van der Waals surface area contributed by atoms with Gasteiger partial charge in [-0.05, 0) is 0 Å². The monoisotopic (exact) mass is 285 g/mol. The molecule has 51 valence electrons. The minimum Gasteiger partial charge on any atom is -2.00 e. The fourth-order valence-corrected chi connectivity index (χ4v) is 0. The molecule has 7 heavy (non-hydrogen) atoms. The standard InChI is InChI=1S/Ag.Cu.4O.V/q+1;+2;4*-2;+5. The van der Waals surface area contributed by atoms with Gasteiger partial charge in [0.25, 0.3) is 0 Å². The third-order valence-corrected chi connectivity index (χ3v) is 0. The van der Waals surface area contributed by atoms with E-state index < -0.39 is 0 Å². The summed E-state index contributed by atoms with van der Waals surface area (Å²) >= 11 is 0. The molecule has 0 saturated heterocycles. The van der Waals surface area contributed by atoms with Crippen molar-refractivity contribution in [2.45, 2.75) is 0 Å². The van der Waals surface area contributed by atoms with E-state index in [1.54, 1.807) is 0 Å². The van der Waals surface area contributed by atoms with Gasteiger partial charge in [0.05, 0.1) is 0 Å². The van der Waals surface area contributed by atoms with Gasteiger partial charge in [-0.3, -0.25) is 0 Å². The maximum Gasteiger partial charge on any atom is 5.00 e. The summed E-state index contributed by atoms with van der Waals surface area (Å²) in [4.78, 5) is 0. The molecule has 0 fully saturated rings. The summed E-state index contributed by atoms with van der Waals surface area (Å²) in [5.41, 5.74) is 0. The zero-order valence-electron chi connectivity index (χ0n) is 2.68. The van der Waals surface area contributed by atoms with Crippen molar-refractivity contribution in [3.63, 3.8) is 0 Å². The Kier molecular flexibility index (Phi) is 3130. The van der Waals surface area contributed by atoms with Gasteiger partial charge in [0.2, 0.25) is 0 Å². The average molecular weight is 286 g/mol. The summed E-state index contributed by atoms with van der Waals surface area (Å²) in [6, 6.07) is 0. The van der Waals surface area contributed by atoms with Crippen molar-refractivity contribution in [2.75, 3.05) is 0 Å². The van der Waals surface area contributed by atoms with Crippen LogP contribution in [0.2, 0.25) is 0 Å². The fraction of sp³-hybridized carbons (Fsp3) is 0. The van der Waals surface area contributed by atoms with E-state index in [1.165, 1.54) is 0 Å². The third-order valence-electron chi connectivity index (χ3n) is 0. The summed E-state index contributed by atoms with van der Waals surface area (Å²) in [6.45, 7) is 0. The third kappa shape index (κ3) is 87.5. The number of hydrogen-bond acceptors (Lipinski definition) is 0. The first kappa shape index (κ1) is 181. The Morgan fingerprint density at radius 2 is 0.571 bits per heavy atom. The van der Waals surface area contributed by atoms with Crippen molar-refractivity contribution in [3.8, 4) is 0 Å². The van der Waals surface area contributed by atoms with Crippen molar-refractivity contribution in [3.05, 3.63) is 0 Å². The quantitative estimate of drug-likeness (QED) is 0.535. The zero-order chi connectivity index (χ0) is 0. The van der Waals surface area contributed by atoms with Crippen LogP contribution in [-0.2, 0) is 79.9 Å². The molecule has 0 unspecified atom stereocenters. The maximum atomic E-state index is 0. The Morgan fingerprint density at radius 3 is 0.571 bits per heavy atom. The SMILES string of the molecule is [Ag+].[Cu+2].[O-2].[O-2].[O-2].[O-2].[V+5]. The summed E-state index contributed by atoms with van der Waals surface area (Å²) in [6.07, 6.45) is 0. The predicted molar refractivity (Wildman–Crippen MR) is 2.75 cm³/mol. The van der Waals surface area contributed by atoms with E-state index in [-0.39, 0.29) is 79.9 Å². The Hall–Kier alpha value is 1.68. The van der Waals surface area contributed by atoms with E-state index in [2.05, 4.69) is 0 Å². The van der Waals surface area contributed by atoms with Crippen molar-refractivity contribution in [1.82, 2.24) is 0 Å². The van der Waals surface area contributed by atoms with E-state index in [0.717, 1.165) is 0 Å². The van der Waals surface area contributed by atoms with Gasteiger partial charge < -0.3 is 21.9 Å². The van der Waals surface area contributed by atoms with Crippen molar-refractivity contribution >= 4 is 0 Å². The maximum absolute atomic E-state index is 0. The van der Waals surface area contributed by atoms with Crippen LogP contribution in [0.5, 0.6) is 0 Å². The van der Waals surface area contributed by atoms with Gasteiger partial charge in [-0.25, -0.2) is 0 Å². The van der Waals surface area contributed by atoms with Crippen LogP contribution < -0.4 is 0 Å². The number of rotatable bonds is 0. The smallest absolute Gasteiger partial charge is 2.00 e. The minimum absolute atomic E-state index is 0. The summed E-state index contributed by atoms with van der Waals surface area (Å²) in [5, 5.41) is 0. The van der Waals surface area contributed by atoms with Crippen molar-refractivity contribution < 1.29 is 79.9 Å². The van der Waals surface area contributed by atoms with Crippen molar-refractivity contribution in [1.29, 1.82) is 0 Å². The summed E-state index contributed by atoms with van der Waals surface area (Å²) < 4.78 is 0. The zero-order valence-corrected chi connectivity index (χ0v) is 6.50. The molecule has 4 nitrogen and oxygen atoms in total. The topological polar surface area (TPSA) is 114 Å². The summed E-state index contributed by atoms with van der Waals surface area (Å²) in [7, 11) is 0. The second-order valence-corrected chi connectivity index (χ2v) is 0. The van der Waals surface area contributed by atoms with E-state index in [4.69, 9.17) is 0 Å². The molecule has 0 atom stereocenters. The molecule has 0 aliphatic carbocycles. The Bertz CT molecular complexity index is 11.7. The molecule has 0 heterocycles. The Labute approximate surface area is 79.5 Å². The molecule has 1 radical (unpaired) electrons. The largest absolute Gasteiger partial charge is 5.00 e.